The average Bonchev–Trinajstić information content (AvgIpc) is 2.75. The van der Waals surface area contributed by atoms with Crippen LogP contribution in [0, 0.1) is 5.82 Å². The summed E-state index contributed by atoms with van der Waals surface area (Å²) in [4.78, 5) is 10.6. The maximum absolute atomic E-state index is 13.4. The molecule has 0 aliphatic carbocycles. The molecule has 4 nitrogen and oxygen atoms in total. The zero-order valence-corrected chi connectivity index (χ0v) is 9.86. The van der Waals surface area contributed by atoms with E-state index >= 15 is 0 Å². The molecule has 2 rings (SSSR count). The van der Waals surface area contributed by atoms with Crippen LogP contribution in [0.25, 0.3) is 11.1 Å². The largest absolute Gasteiger partial charge is 0.504 e. The fourth-order valence-corrected chi connectivity index (χ4v) is 1.70. The second-order valence-corrected chi connectivity index (χ2v) is 4.06. The zero-order chi connectivity index (χ0) is 14.9. The highest BCUT2D eigenvalue weighted by molar-refractivity contribution is 5.72. The first-order chi connectivity index (χ1) is 9.25. The third kappa shape index (κ3) is 3.14. The van der Waals surface area contributed by atoms with Crippen LogP contribution in [0.5, 0.6) is 0 Å². The van der Waals surface area contributed by atoms with Crippen molar-refractivity contribution >= 4 is 5.97 Å². The predicted molar refractivity (Wildman–Crippen MR) is 60.3 cm³/mol. The van der Waals surface area contributed by atoms with Gasteiger partial charge in [0.05, 0.1) is 12.6 Å². The van der Waals surface area contributed by atoms with E-state index < -0.39 is 24.5 Å². The normalized spacial score (nSPS) is 11.6. The second kappa shape index (κ2) is 4.95. The molecular formula is C12H8F4N2O2. The van der Waals surface area contributed by atoms with Crippen LogP contribution in [0.3, 0.4) is 0 Å². The number of aliphatic carboxylic acids is 1. The van der Waals surface area contributed by atoms with Crippen LogP contribution >= 0.6 is 0 Å². The third-order valence-electron chi connectivity index (χ3n) is 2.49. The number of alkyl halides is 3. The molecule has 0 fully saturated rings. The molecule has 0 saturated carbocycles. The highest BCUT2D eigenvalue weighted by atomic mass is 19.4. The van der Waals surface area contributed by atoms with Crippen molar-refractivity contribution in [2.45, 2.75) is 12.7 Å². The lowest BCUT2D eigenvalue weighted by Gasteiger charge is -2.05. The van der Waals surface area contributed by atoms with E-state index in [0.29, 0.717) is 6.20 Å². The van der Waals surface area contributed by atoms with Crippen LogP contribution in [0.2, 0.25) is 0 Å². The Morgan fingerprint density at radius 2 is 1.95 bits per heavy atom. The summed E-state index contributed by atoms with van der Waals surface area (Å²) < 4.78 is 50.3. The molecule has 0 atom stereocenters. The highest BCUT2D eigenvalue weighted by Crippen LogP contribution is 2.26. The summed E-state index contributed by atoms with van der Waals surface area (Å²) in [5.41, 5.74) is 0.345. The molecular weight excluding hydrogens is 280 g/mol. The summed E-state index contributed by atoms with van der Waals surface area (Å²) in [5.74, 6) is -1.88. The van der Waals surface area contributed by atoms with E-state index in [9.17, 15) is 22.4 Å². The summed E-state index contributed by atoms with van der Waals surface area (Å²) in [6, 6.07) is 3.35. The van der Waals surface area contributed by atoms with Gasteiger partial charge in [-0.2, -0.15) is 9.78 Å². The Bertz CT molecular complexity index is 649. The van der Waals surface area contributed by atoms with E-state index in [1.807, 2.05) is 0 Å². The van der Waals surface area contributed by atoms with Gasteiger partial charge in [0.2, 0.25) is 0 Å². The topological polar surface area (TPSA) is 55.1 Å². The van der Waals surface area contributed by atoms with E-state index in [1.165, 1.54) is 6.07 Å². The molecule has 0 aliphatic rings. The molecule has 1 N–H and O–H groups in total. The molecule has 1 aromatic heterocycles. The number of rotatable bonds is 3. The number of carboxylic acid groups (broad SMARTS) is 1. The molecule has 1 heterocycles. The van der Waals surface area contributed by atoms with Crippen molar-refractivity contribution in [3.63, 3.8) is 0 Å². The minimum atomic E-state index is -4.66. The predicted octanol–water partition coefficient (Wildman–Crippen LogP) is 2.79. The minimum Gasteiger partial charge on any atom is -0.481 e. The molecule has 0 saturated heterocycles. The molecule has 2 aromatic rings. The zero-order valence-electron chi connectivity index (χ0n) is 9.86. The van der Waals surface area contributed by atoms with Gasteiger partial charge < -0.3 is 5.11 Å². The third-order valence-corrected chi connectivity index (χ3v) is 2.49. The number of hydrogen-bond donors (Lipinski definition) is 1. The number of carbonyl (C=O) groups is 1. The van der Waals surface area contributed by atoms with E-state index in [1.54, 1.807) is 0 Å². The Labute approximate surface area is 110 Å². The summed E-state index contributed by atoms with van der Waals surface area (Å²) in [6.07, 6.45) is -3.43. The van der Waals surface area contributed by atoms with Gasteiger partial charge in [0, 0.05) is 11.8 Å². The summed E-state index contributed by atoms with van der Waals surface area (Å²) in [6.45, 7) is 0. The molecule has 0 spiro atoms. The Morgan fingerprint density at radius 1 is 1.25 bits per heavy atom. The Balaban J connectivity index is 2.39. The van der Waals surface area contributed by atoms with Gasteiger partial charge in [0.15, 0.2) is 0 Å². The summed E-state index contributed by atoms with van der Waals surface area (Å²) in [7, 11) is 0. The summed E-state index contributed by atoms with van der Waals surface area (Å²) >= 11 is 0. The van der Waals surface area contributed by atoms with Gasteiger partial charge >= 0.3 is 12.3 Å². The minimum absolute atomic E-state index is 0.0495. The lowest BCUT2D eigenvalue weighted by molar-refractivity contribution is -0.212. The van der Waals surface area contributed by atoms with Gasteiger partial charge in [0.25, 0.3) is 0 Å². The van der Waals surface area contributed by atoms with Crippen LogP contribution in [-0.2, 0) is 17.5 Å². The van der Waals surface area contributed by atoms with Crippen LogP contribution in [0.1, 0.15) is 5.56 Å². The lowest BCUT2D eigenvalue weighted by atomic mass is 10.0. The first-order valence-corrected chi connectivity index (χ1v) is 5.39. The molecule has 0 bridgehead atoms. The standard InChI is InChI=1S/C12H8F4N2O2/c13-10-2-7(3-11(19)20)1-8(4-10)9-5-17-18(6-9)12(14,15)16/h1-2,4-6H,3H2,(H,19,20). The molecule has 0 amide bonds. The molecule has 106 valence electrons. The molecule has 1 aromatic carbocycles. The van der Waals surface area contributed by atoms with Crippen molar-refractivity contribution in [3.8, 4) is 11.1 Å². The van der Waals surface area contributed by atoms with E-state index in [2.05, 4.69) is 5.10 Å². The number of nitrogens with zero attached hydrogens (tertiary/aromatic N) is 2. The molecule has 8 heteroatoms. The number of hydrogen-bond acceptors (Lipinski definition) is 2. The van der Waals surface area contributed by atoms with Gasteiger partial charge in [-0.1, -0.05) is 6.07 Å². The van der Waals surface area contributed by atoms with Gasteiger partial charge in [-0.05, 0) is 23.3 Å². The van der Waals surface area contributed by atoms with E-state index in [-0.39, 0.29) is 21.4 Å². The maximum atomic E-state index is 13.4. The Hall–Kier alpha value is -2.38. The molecule has 20 heavy (non-hydrogen) atoms. The van der Waals surface area contributed by atoms with Gasteiger partial charge in [0.1, 0.15) is 5.82 Å². The van der Waals surface area contributed by atoms with Crippen molar-refractivity contribution in [1.82, 2.24) is 9.78 Å². The fourth-order valence-electron chi connectivity index (χ4n) is 1.70. The number of halogens is 4. The maximum Gasteiger partial charge on any atom is 0.504 e. The van der Waals surface area contributed by atoms with Crippen molar-refractivity contribution in [2.24, 2.45) is 0 Å². The Morgan fingerprint density at radius 3 is 2.50 bits per heavy atom. The average molecular weight is 288 g/mol. The highest BCUT2D eigenvalue weighted by Gasteiger charge is 2.31. The van der Waals surface area contributed by atoms with Crippen LogP contribution < -0.4 is 0 Å². The number of benzene rings is 1. The number of carboxylic acids is 1. The van der Waals surface area contributed by atoms with Gasteiger partial charge in [-0.25, -0.2) is 4.39 Å². The summed E-state index contributed by atoms with van der Waals surface area (Å²) in [5, 5.41) is 11.8. The lowest BCUT2D eigenvalue weighted by Crippen LogP contribution is -2.16. The van der Waals surface area contributed by atoms with Crippen molar-refractivity contribution in [2.75, 3.05) is 0 Å². The van der Waals surface area contributed by atoms with Crippen LogP contribution in [-0.4, -0.2) is 20.9 Å². The van der Waals surface area contributed by atoms with E-state index in [0.717, 1.165) is 18.3 Å². The first-order valence-electron chi connectivity index (χ1n) is 5.39. The second-order valence-electron chi connectivity index (χ2n) is 4.06. The van der Waals surface area contributed by atoms with E-state index in [4.69, 9.17) is 5.11 Å². The van der Waals surface area contributed by atoms with Gasteiger partial charge in [-0.3, -0.25) is 4.79 Å². The molecule has 0 aliphatic heterocycles. The SMILES string of the molecule is O=C(O)Cc1cc(F)cc(-c2cnn(C(F)(F)F)c2)c1. The number of aromatic nitrogens is 2. The molecule has 0 radical (unpaired) electrons. The molecule has 0 unspecified atom stereocenters. The van der Waals surface area contributed by atoms with Crippen molar-refractivity contribution in [1.29, 1.82) is 0 Å². The first kappa shape index (κ1) is 14.0. The van der Waals surface area contributed by atoms with Gasteiger partial charge in [-0.15, -0.1) is 13.2 Å². The quantitative estimate of drug-likeness (QED) is 0.884. The van der Waals surface area contributed by atoms with Crippen LogP contribution in [0.4, 0.5) is 17.6 Å². The Kier molecular flexibility index (Phi) is 3.47. The van der Waals surface area contributed by atoms with Crippen LogP contribution in [0.15, 0.2) is 30.6 Å². The fraction of sp³-hybridized carbons (Fsp3) is 0.167. The monoisotopic (exact) mass is 288 g/mol. The van der Waals surface area contributed by atoms with Crippen molar-refractivity contribution < 1.29 is 27.5 Å². The van der Waals surface area contributed by atoms with Crippen molar-refractivity contribution in [3.05, 3.63) is 42.0 Å². The smallest absolute Gasteiger partial charge is 0.481 e.